The van der Waals surface area contributed by atoms with E-state index in [4.69, 9.17) is 9.84 Å². The van der Waals surface area contributed by atoms with E-state index in [1.54, 1.807) is 0 Å². The minimum Gasteiger partial charge on any atom is -0.481 e. The maximum atomic E-state index is 10.9. The summed E-state index contributed by atoms with van der Waals surface area (Å²) < 4.78 is 5.78. The largest absolute Gasteiger partial charge is 0.481 e. The van der Waals surface area contributed by atoms with Gasteiger partial charge in [-0.1, -0.05) is 30.7 Å². The number of hydrogen-bond donors (Lipinski definition) is 1. The summed E-state index contributed by atoms with van der Waals surface area (Å²) in [5.74, 6) is -0.694. The van der Waals surface area contributed by atoms with E-state index in [0.29, 0.717) is 12.6 Å². The number of piperidine rings is 1. The van der Waals surface area contributed by atoms with Gasteiger partial charge in [0.1, 0.15) is 0 Å². The number of carboxylic acids is 1. The number of benzene rings is 1. The second-order valence-corrected chi connectivity index (χ2v) is 6.05. The summed E-state index contributed by atoms with van der Waals surface area (Å²) in [7, 11) is 0. The first kappa shape index (κ1) is 14.5. The van der Waals surface area contributed by atoms with Gasteiger partial charge in [0.05, 0.1) is 19.3 Å². The lowest BCUT2D eigenvalue weighted by Gasteiger charge is -2.43. The van der Waals surface area contributed by atoms with Crippen molar-refractivity contribution in [2.75, 3.05) is 13.2 Å². The van der Waals surface area contributed by atoms with Crippen LogP contribution in [0, 0.1) is 0 Å². The van der Waals surface area contributed by atoms with Gasteiger partial charge >= 0.3 is 5.97 Å². The number of carboxylic acid groups (broad SMARTS) is 1. The van der Waals surface area contributed by atoms with E-state index in [1.165, 1.54) is 24.0 Å². The average Bonchev–Trinajstić information content (AvgIpc) is 2.53. The molecule has 1 aromatic carbocycles. The second-order valence-electron chi connectivity index (χ2n) is 6.05. The van der Waals surface area contributed by atoms with Crippen LogP contribution >= 0.6 is 0 Å². The minimum absolute atomic E-state index is 0.260. The third-order valence-corrected chi connectivity index (χ3v) is 4.71. The number of nitrogens with zero attached hydrogens (tertiary/aromatic N) is 1. The molecule has 0 bridgehead atoms. The van der Waals surface area contributed by atoms with Crippen molar-refractivity contribution in [3.05, 3.63) is 35.4 Å². The van der Waals surface area contributed by atoms with Crippen molar-refractivity contribution in [2.24, 2.45) is 0 Å². The van der Waals surface area contributed by atoms with Gasteiger partial charge in [0.15, 0.2) is 0 Å². The van der Waals surface area contributed by atoms with E-state index in [-0.39, 0.29) is 12.5 Å². The zero-order chi connectivity index (χ0) is 14.7. The summed E-state index contributed by atoms with van der Waals surface area (Å²) in [6.07, 6.45) is 4.51. The van der Waals surface area contributed by atoms with Gasteiger partial charge in [-0.15, -0.1) is 0 Å². The molecule has 3 rings (SSSR count). The fourth-order valence-corrected chi connectivity index (χ4v) is 3.67. The van der Waals surface area contributed by atoms with Gasteiger partial charge in [-0.25, -0.2) is 0 Å². The van der Waals surface area contributed by atoms with Crippen molar-refractivity contribution >= 4 is 5.97 Å². The van der Waals surface area contributed by atoms with Crippen LogP contribution in [-0.4, -0.2) is 35.2 Å². The van der Waals surface area contributed by atoms with E-state index >= 15 is 0 Å². The van der Waals surface area contributed by atoms with Crippen molar-refractivity contribution in [1.82, 2.24) is 4.90 Å². The Balaban J connectivity index is 1.79. The molecule has 2 aliphatic heterocycles. The van der Waals surface area contributed by atoms with Crippen molar-refractivity contribution < 1.29 is 14.6 Å². The molecule has 0 aromatic heterocycles. The van der Waals surface area contributed by atoms with E-state index in [9.17, 15) is 4.79 Å². The van der Waals surface area contributed by atoms with Gasteiger partial charge in [0.2, 0.25) is 0 Å². The summed E-state index contributed by atoms with van der Waals surface area (Å²) in [6.45, 7) is 2.47. The molecule has 114 valence electrons. The quantitative estimate of drug-likeness (QED) is 0.926. The molecular weight excluding hydrogens is 266 g/mol. The number of aliphatic carboxylic acids is 1. The molecule has 2 atom stereocenters. The summed E-state index contributed by atoms with van der Waals surface area (Å²) >= 11 is 0. The minimum atomic E-state index is -0.694. The van der Waals surface area contributed by atoms with E-state index in [0.717, 1.165) is 26.0 Å². The Hall–Kier alpha value is -1.39. The van der Waals surface area contributed by atoms with Crippen LogP contribution in [0.1, 0.15) is 49.3 Å². The Morgan fingerprint density at radius 3 is 3.05 bits per heavy atom. The topological polar surface area (TPSA) is 49.8 Å². The standard InChI is InChI=1S/C17H23NO3/c19-17(20)9-8-14-6-3-4-10-18(14)16-12-21-11-13-5-1-2-7-15(13)16/h1-2,5,7,14,16H,3-4,6,8-12H2,(H,19,20). The third kappa shape index (κ3) is 3.27. The highest BCUT2D eigenvalue weighted by molar-refractivity contribution is 5.66. The highest BCUT2D eigenvalue weighted by atomic mass is 16.5. The van der Waals surface area contributed by atoms with Gasteiger partial charge in [0.25, 0.3) is 0 Å². The SMILES string of the molecule is O=C(O)CCC1CCCCN1C1COCc2ccccc21. The first-order valence-corrected chi connectivity index (χ1v) is 7.89. The van der Waals surface area contributed by atoms with Crippen LogP contribution < -0.4 is 0 Å². The monoisotopic (exact) mass is 289 g/mol. The van der Waals surface area contributed by atoms with E-state index in [1.807, 2.05) is 0 Å². The van der Waals surface area contributed by atoms with Crippen molar-refractivity contribution in [3.8, 4) is 0 Å². The molecule has 1 N–H and O–H groups in total. The number of carbonyl (C=O) groups is 1. The second kappa shape index (κ2) is 6.58. The summed E-state index contributed by atoms with van der Waals surface area (Å²) in [5.41, 5.74) is 2.64. The lowest BCUT2D eigenvalue weighted by molar-refractivity contribution is -0.137. The molecule has 2 heterocycles. The van der Waals surface area contributed by atoms with E-state index in [2.05, 4.69) is 29.2 Å². The van der Waals surface area contributed by atoms with Crippen LogP contribution in [-0.2, 0) is 16.1 Å². The molecule has 2 unspecified atom stereocenters. The van der Waals surface area contributed by atoms with Gasteiger partial charge in [-0.05, 0) is 36.9 Å². The Labute approximate surface area is 125 Å². The molecule has 1 fully saturated rings. The molecule has 1 aromatic rings. The summed E-state index contributed by atoms with van der Waals surface area (Å²) in [6, 6.07) is 9.14. The summed E-state index contributed by atoms with van der Waals surface area (Å²) in [5, 5.41) is 8.96. The Bertz CT molecular complexity index is 503. The average molecular weight is 289 g/mol. The van der Waals surface area contributed by atoms with Crippen LogP contribution in [0.15, 0.2) is 24.3 Å². The molecular formula is C17H23NO3. The third-order valence-electron chi connectivity index (χ3n) is 4.71. The number of rotatable bonds is 4. The molecule has 4 nitrogen and oxygen atoms in total. The molecule has 4 heteroatoms. The smallest absolute Gasteiger partial charge is 0.303 e. The molecule has 0 spiro atoms. The maximum absolute atomic E-state index is 10.9. The molecule has 2 aliphatic rings. The Morgan fingerprint density at radius 2 is 2.19 bits per heavy atom. The van der Waals surface area contributed by atoms with Gasteiger partial charge < -0.3 is 9.84 Å². The van der Waals surface area contributed by atoms with Crippen LogP contribution in [0.3, 0.4) is 0 Å². The van der Waals surface area contributed by atoms with E-state index < -0.39 is 5.97 Å². The summed E-state index contributed by atoms with van der Waals surface area (Å²) in [4.78, 5) is 13.4. The molecule has 0 amide bonds. The van der Waals surface area contributed by atoms with Gasteiger partial charge in [0, 0.05) is 12.5 Å². The van der Waals surface area contributed by atoms with Gasteiger partial charge in [-0.2, -0.15) is 0 Å². The lowest BCUT2D eigenvalue weighted by Crippen LogP contribution is -2.45. The zero-order valence-electron chi connectivity index (χ0n) is 12.3. The van der Waals surface area contributed by atoms with Crippen LogP contribution in [0.25, 0.3) is 0 Å². The number of ether oxygens (including phenoxy) is 1. The van der Waals surface area contributed by atoms with Crippen LogP contribution in [0.5, 0.6) is 0 Å². The molecule has 0 saturated carbocycles. The number of hydrogen-bond acceptors (Lipinski definition) is 3. The number of fused-ring (bicyclic) bond motifs is 1. The molecule has 21 heavy (non-hydrogen) atoms. The zero-order valence-corrected chi connectivity index (χ0v) is 12.3. The van der Waals surface area contributed by atoms with Crippen LogP contribution in [0.4, 0.5) is 0 Å². The Kier molecular flexibility index (Phi) is 4.56. The predicted molar refractivity (Wildman–Crippen MR) is 80.1 cm³/mol. The molecule has 0 aliphatic carbocycles. The molecule has 0 radical (unpaired) electrons. The highest BCUT2D eigenvalue weighted by Gasteiger charge is 2.32. The fraction of sp³-hybridized carbons (Fsp3) is 0.588. The maximum Gasteiger partial charge on any atom is 0.303 e. The van der Waals surface area contributed by atoms with Crippen molar-refractivity contribution in [1.29, 1.82) is 0 Å². The Morgan fingerprint density at radius 1 is 1.33 bits per heavy atom. The van der Waals surface area contributed by atoms with Crippen molar-refractivity contribution in [2.45, 2.75) is 50.8 Å². The first-order valence-electron chi connectivity index (χ1n) is 7.89. The van der Waals surface area contributed by atoms with Crippen LogP contribution in [0.2, 0.25) is 0 Å². The molecule has 1 saturated heterocycles. The predicted octanol–water partition coefficient (Wildman–Crippen LogP) is 2.98. The number of likely N-dealkylation sites (tertiary alicyclic amines) is 1. The van der Waals surface area contributed by atoms with Gasteiger partial charge in [-0.3, -0.25) is 9.69 Å². The van der Waals surface area contributed by atoms with Crippen molar-refractivity contribution in [3.63, 3.8) is 0 Å². The normalized spacial score (nSPS) is 26.3. The highest BCUT2D eigenvalue weighted by Crippen LogP contribution is 2.35. The fourth-order valence-electron chi connectivity index (χ4n) is 3.67. The first-order chi connectivity index (χ1) is 10.3. The lowest BCUT2D eigenvalue weighted by atomic mass is 9.91.